The van der Waals surface area contributed by atoms with Crippen LogP contribution in [-0.2, 0) is 13.6 Å². The fourth-order valence-corrected chi connectivity index (χ4v) is 4.68. The van der Waals surface area contributed by atoms with E-state index in [9.17, 15) is 10.1 Å². The van der Waals surface area contributed by atoms with E-state index in [1.807, 2.05) is 36.4 Å². The number of hydrogen-bond acceptors (Lipinski definition) is 7. The molecule has 8 nitrogen and oxygen atoms in total. The second-order valence-electron chi connectivity index (χ2n) is 8.93. The third kappa shape index (κ3) is 3.95. The van der Waals surface area contributed by atoms with Gasteiger partial charge >= 0.3 is 0 Å². The lowest BCUT2D eigenvalue weighted by Gasteiger charge is -2.45. The zero-order valence-corrected chi connectivity index (χ0v) is 19.5. The number of hydrogen-bond donors (Lipinski definition) is 0. The van der Waals surface area contributed by atoms with E-state index in [1.165, 1.54) is 0 Å². The number of nitriles is 1. The van der Waals surface area contributed by atoms with E-state index < -0.39 is 0 Å². The summed E-state index contributed by atoms with van der Waals surface area (Å²) in [5.41, 5.74) is 4.29. The number of benzene rings is 1. The van der Waals surface area contributed by atoms with E-state index in [-0.39, 0.29) is 17.6 Å². The highest BCUT2D eigenvalue weighted by atomic mass is 16.5. The van der Waals surface area contributed by atoms with Gasteiger partial charge in [-0.05, 0) is 26.0 Å². The van der Waals surface area contributed by atoms with Crippen molar-refractivity contribution >= 4 is 16.7 Å². The average Bonchev–Trinajstić information content (AvgIpc) is 3.32. The van der Waals surface area contributed by atoms with Crippen molar-refractivity contribution in [3.8, 4) is 17.3 Å². The fraction of sp³-hybridized carbons (Fsp3) is 0.308. The van der Waals surface area contributed by atoms with Crippen LogP contribution >= 0.6 is 0 Å². The van der Waals surface area contributed by atoms with E-state index in [1.54, 1.807) is 29.8 Å². The van der Waals surface area contributed by atoms with Crippen molar-refractivity contribution in [3.05, 3.63) is 76.4 Å². The molecular formula is C26H26N6O2. The molecule has 4 aromatic rings. The van der Waals surface area contributed by atoms with Gasteiger partial charge in [-0.25, -0.2) is 4.98 Å². The van der Waals surface area contributed by atoms with Crippen molar-refractivity contribution < 1.29 is 4.52 Å². The Morgan fingerprint density at radius 3 is 2.65 bits per heavy atom. The predicted octanol–water partition coefficient (Wildman–Crippen LogP) is 3.56. The molecule has 0 amide bonds. The Bertz CT molecular complexity index is 1440. The highest BCUT2D eigenvalue weighted by Crippen LogP contribution is 2.29. The Kier molecular flexibility index (Phi) is 5.64. The minimum Gasteiger partial charge on any atom is -0.364 e. The minimum absolute atomic E-state index is 0.0913. The largest absolute Gasteiger partial charge is 0.364 e. The molecule has 0 unspecified atom stereocenters. The molecule has 1 saturated heterocycles. The van der Waals surface area contributed by atoms with Crippen LogP contribution in [0.15, 0.2) is 63.9 Å². The van der Waals surface area contributed by atoms with Crippen LogP contribution in [0.1, 0.15) is 25.3 Å². The molecule has 4 heterocycles. The number of rotatable bonds is 4. The van der Waals surface area contributed by atoms with E-state index in [0.29, 0.717) is 17.8 Å². The second-order valence-corrected chi connectivity index (χ2v) is 8.93. The molecule has 2 atom stereocenters. The molecule has 0 spiro atoms. The summed E-state index contributed by atoms with van der Waals surface area (Å²) in [7, 11) is 1.73. The van der Waals surface area contributed by atoms with Crippen molar-refractivity contribution in [2.45, 2.75) is 32.5 Å². The number of fused-ring (bicyclic) bond motifs is 1. The van der Waals surface area contributed by atoms with E-state index in [2.05, 4.69) is 39.9 Å². The van der Waals surface area contributed by atoms with Gasteiger partial charge in [0.25, 0.3) is 5.56 Å². The second kappa shape index (κ2) is 8.76. The Morgan fingerprint density at radius 2 is 1.88 bits per heavy atom. The molecule has 1 aliphatic rings. The zero-order valence-electron chi connectivity index (χ0n) is 19.5. The van der Waals surface area contributed by atoms with Crippen LogP contribution in [0.3, 0.4) is 0 Å². The molecule has 1 aromatic carbocycles. The molecule has 8 heteroatoms. The zero-order chi connectivity index (χ0) is 23.8. The molecule has 0 N–H and O–H groups in total. The van der Waals surface area contributed by atoms with Gasteiger partial charge in [-0.1, -0.05) is 35.5 Å². The number of aryl methyl sites for hydroxylation is 1. The van der Waals surface area contributed by atoms with E-state index >= 15 is 0 Å². The maximum Gasteiger partial charge on any atom is 0.252 e. The molecule has 1 aliphatic heterocycles. The predicted molar refractivity (Wildman–Crippen MR) is 130 cm³/mol. The van der Waals surface area contributed by atoms with Crippen LogP contribution < -0.4 is 10.5 Å². The van der Waals surface area contributed by atoms with Gasteiger partial charge in [-0.2, -0.15) is 5.26 Å². The van der Waals surface area contributed by atoms with Crippen molar-refractivity contribution in [2.75, 3.05) is 18.0 Å². The van der Waals surface area contributed by atoms with Crippen molar-refractivity contribution in [2.24, 2.45) is 7.05 Å². The Balaban J connectivity index is 1.40. The average molecular weight is 455 g/mol. The summed E-state index contributed by atoms with van der Waals surface area (Å²) < 4.78 is 7.21. The Hall–Kier alpha value is -3.96. The summed E-state index contributed by atoms with van der Waals surface area (Å²) in [6.07, 6.45) is 0. The number of piperazine rings is 1. The first-order valence-electron chi connectivity index (χ1n) is 11.4. The molecule has 0 saturated carbocycles. The Morgan fingerprint density at radius 1 is 1.09 bits per heavy atom. The van der Waals surface area contributed by atoms with Gasteiger partial charge in [0.05, 0.1) is 17.7 Å². The molecule has 34 heavy (non-hydrogen) atoms. The quantitative estimate of drug-likeness (QED) is 0.466. The maximum atomic E-state index is 12.7. The standard InChI is InChI=1S/C26H26N6O2/c1-17-15-32(24-12-25(33)30(3)23-10-9-20(13-27)28-26(23)24)18(2)14-31(17)16-21-11-22(29-34-21)19-7-5-4-6-8-19/h4-12,17-18H,14-16H2,1-3H3/t17-,18+/m1/s1. The molecule has 1 fully saturated rings. The van der Waals surface area contributed by atoms with Gasteiger partial charge in [0.1, 0.15) is 23.0 Å². The lowest BCUT2D eigenvalue weighted by atomic mass is 10.1. The molecule has 0 radical (unpaired) electrons. The summed E-state index contributed by atoms with van der Waals surface area (Å²) >= 11 is 0. The van der Waals surface area contributed by atoms with E-state index in [4.69, 9.17) is 4.52 Å². The first-order chi connectivity index (χ1) is 16.4. The molecule has 0 bridgehead atoms. The van der Waals surface area contributed by atoms with Gasteiger partial charge in [0.15, 0.2) is 5.76 Å². The first-order valence-corrected chi connectivity index (χ1v) is 11.4. The molecule has 0 aliphatic carbocycles. The van der Waals surface area contributed by atoms with Gasteiger partial charge < -0.3 is 14.0 Å². The molecule has 3 aromatic heterocycles. The molecule has 172 valence electrons. The lowest BCUT2D eigenvalue weighted by Crippen LogP contribution is -2.56. The number of anilines is 1. The summed E-state index contributed by atoms with van der Waals surface area (Å²) in [6.45, 7) is 6.49. The SMILES string of the molecule is C[C@@H]1CN(c2cc(=O)n(C)c3ccc(C#N)nc23)[C@@H](C)CN1Cc1cc(-c2ccccc2)no1. The normalized spacial score (nSPS) is 18.8. The smallest absolute Gasteiger partial charge is 0.252 e. The van der Waals surface area contributed by atoms with Gasteiger partial charge in [0.2, 0.25) is 0 Å². The van der Waals surface area contributed by atoms with Gasteiger partial charge in [0, 0.05) is 49.9 Å². The van der Waals surface area contributed by atoms with Crippen molar-refractivity contribution in [1.82, 2.24) is 19.6 Å². The van der Waals surface area contributed by atoms with Crippen LogP contribution in [0, 0.1) is 11.3 Å². The Labute approximate surface area is 197 Å². The van der Waals surface area contributed by atoms with Crippen LogP contribution in [0.2, 0.25) is 0 Å². The highest BCUT2D eigenvalue weighted by molar-refractivity contribution is 5.89. The van der Waals surface area contributed by atoms with Crippen molar-refractivity contribution in [3.63, 3.8) is 0 Å². The number of aromatic nitrogens is 3. The monoisotopic (exact) mass is 454 g/mol. The summed E-state index contributed by atoms with van der Waals surface area (Å²) in [5.74, 6) is 0.825. The van der Waals surface area contributed by atoms with Crippen molar-refractivity contribution in [1.29, 1.82) is 5.26 Å². The fourth-order valence-electron chi connectivity index (χ4n) is 4.68. The molecule has 5 rings (SSSR count). The summed E-state index contributed by atoms with van der Waals surface area (Å²) in [5, 5.41) is 13.6. The minimum atomic E-state index is -0.0913. The topological polar surface area (TPSA) is 91.2 Å². The number of nitrogens with zero attached hydrogens (tertiary/aromatic N) is 6. The third-order valence-electron chi connectivity index (χ3n) is 6.60. The molecular weight excluding hydrogens is 428 g/mol. The van der Waals surface area contributed by atoms with Gasteiger partial charge in [-0.15, -0.1) is 0 Å². The lowest BCUT2D eigenvalue weighted by molar-refractivity contribution is 0.142. The maximum absolute atomic E-state index is 12.7. The third-order valence-corrected chi connectivity index (χ3v) is 6.60. The highest BCUT2D eigenvalue weighted by Gasteiger charge is 2.31. The first kappa shape index (κ1) is 21.9. The summed E-state index contributed by atoms with van der Waals surface area (Å²) in [6, 6.07) is 19.5. The van der Waals surface area contributed by atoms with E-state index in [0.717, 1.165) is 41.3 Å². The van der Waals surface area contributed by atoms with Crippen LogP contribution in [-0.4, -0.2) is 44.8 Å². The van der Waals surface area contributed by atoms with Crippen LogP contribution in [0.4, 0.5) is 5.69 Å². The van der Waals surface area contributed by atoms with Crippen LogP contribution in [0.5, 0.6) is 0 Å². The number of pyridine rings is 2. The summed E-state index contributed by atoms with van der Waals surface area (Å²) in [4.78, 5) is 21.8. The van der Waals surface area contributed by atoms with Gasteiger partial charge in [-0.3, -0.25) is 9.69 Å². The van der Waals surface area contributed by atoms with Crippen LogP contribution in [0.25, 0.3) is 22.3 Å².